The lowest BCUT2D eigenvalue weighted by atomic mass is 10.0. The minimum absolute atomic E-state index is 0.437. The lowest BCUT2D eigenvalue weighted by Crippen LogP contribution is -2.19. The number of para-hydroxylation sites is 1. The van der Waals surface area contributed by atoms with Gasteiger partial charge in [0.15, 0.2) is 0 Å². The van der Waals surface area contributed by atoms with Crippen LogP contribution in [0, 0.1) is 13.8 Å². The van der Waals surface area contributed by atoms with Gasteiger partial charge in [-0.15, -0.1) is 0 Å². The molecule has 0 saturated carbocycles. The van der Waals surface area contributed by atoms with Gasteiger partial charge in [0.2, 0.25) is 0 Å². The molecule has 0 amide bonds. The monoisotopic (exact) mass is 239 g/mol. The Hall–Kier alpha value is -1.76. The van der Waals surface area contributed by atoms with Gasteiger partial charge in [0.25, 0.3) is 0 Å². The molecule has 2 aromatic carbocycles. The Kier molecular flexibility index (Phi) is 4.03. The second-order valence-electron chi connectivity index (χ2n) is 5.00. The van der Waals surface area contributed by atoms with Gasteiger partial charge in [0, 0.05) is 11.7 Å². The molecule has 2 rings (SSSR count). The minimum atomic E-state index is 0.437. The van der Waals surface area contributed by atoms with Crippen LogP contribution in [0.2, 0.25) is 0 Å². The topological polar surface area (TPSA) is 12.0 Å². The molecule has 18 heavy (non-hydrogen) atoms. The minimum Gasteiger partial charge on any atom is -0.382 e. The van der Waals surface area contributed by atoms with Crippen LogP contribution in [0.5, 0.6) is 0 Å². The van der Waals surface area contributed by atoms with Crippen LogP contribution < -0.4 is 5.32 Å². The molecule has 1 atom stereocenters. The van der Waals surface area contributed by atoms with Gasteiger partial charge in [0.05, 0.1) is 0 Å². The van der Waals surface area contributed by atoms with Gasteiger partial charge in [-0.3, -0.25) is 0 Å². The lowest BCUT2D eigenvalue weighted by molar-refractivity contribution is 0.788. The molecule has 0 aliphatic heterocycles. The molecule has 0 fully saturated rings. The first kappa shape index (κ1) is 12.7. The number of anilines is 1. The summed E-state index contributed by atoms with van der Waals surface area (Å²) < 4.78 is 0. The maximum atomic E-state index is 3.63. The summed E-state index contributed by atoms with van der Waals surface area (Å²) in [7, 11) is 0. The SMILES string of the molecule is Cc1cccc(C)c1NC(C)Cc1ccccc1. The molecule has 94 valence electrons. The van der Waals surface area contributed by atoms with E-state index in [1.54, 1.807) is 0 Å². The third kappa shape index (κ3) is 3.13. The summed E-state index contributed by atoms with van der Waals surface area (Å²) in [6, 6.07) is 17.5. The zero-order valence-electron chi connectivity index (χ0n) is 11.4. The highest BCUT2D eigenvalue weighted by molar-refractivity contribution is 5.57. The number of nitrogens with one attached hydrogen (secondary N) is 1. The van der Waals surface area contributed by atoms with E-state index in [1.807, 2.05) is 0 Å². The summed E-state index contributed by atoms with van der Waals surface area (Å²) in [6.45, 7) is 6.55. The maximum absolute atomic E-state index is 3.63. The number of hydrogen-bond donors (Lipinski definition) is 1. The van der Waals surface area contributed by atoms with Gasteiger partial charge < -0.3 is 5.32 Å². The first-order valence-corrected chi connectivity index (χ1v) is 6.53. The van der Waals surface area contributed by atoms with E-state index in [9.17, 15) is 0 Å². The Morgan fingerprint density at radius 2 is 1.50 bits per heavy atom. The molecule has 1 nitrogen and oxygen atoms in total. The fraction of sp³-hybridized carbons (Fsp3) is 0.294. The van der Waals surface area contributed by atoms with Gasteiger partial charge in [-0.05, 0) is 43.9 Å². The van der Waals surface area contributed by atoms with Crippen molar-refractivity contribution in [1.29, 1.82) is 0 Å². The van der Waals surface area contributed by atoms with Gasteiger partial charge in [-0.1, -0.05) is 48.5 Å². The number of aryl methyl sites for hydroxylation is 2. The van der Waals surface area contributed by atoms with Crippen LogP contribution in [-0.2, 0) is 6.42 Å². The third-order valence-electron chi connectivity index (χ3n) is 3.26. The van der Waals surface area contributed by atoms with Crippen molar-refractivity contribution in [2.24, 2.45) is 0 Å². The summed E-state index contributed by atoms with van der Waals surface area (Å²) in [4.78, 5) is 0. The predicted octanol–water partition coefficient (Wildman–Crippen LogP) is 4.35. The third-order valence-corrected chi connectivity index (χ3v) is 3.26. The summed E-state index contributed by atoms with van der Waals surface area (Å²) in [5.74, 6) is 0. The highest BCUT2D eigenvalue weighted by Crippen LogP contribution is 2.21. The van der Waals surface area contributed by atoms with Crippen molar-refractivity contribution < 1.29 is 0 Å². The van der Waals surface area contributed by atoms with Crippen LogP contribution >= 0.6 is 0 Å². The molecule has 2 aromatic rings. The number of benzene rings is 2. The van der Waals surface area contributed by atoms with Crippen molar-refractivity contribution in [2.75, 3.05) is 5.32 Å². The Morgan fingerprint density at radius 3 is 2.11 bits per heavy atom. The molecule has 0 spiro atoms. The van der Waals surface area contributed by atoms with Gasteiger partial charge in [-0.25, -0.2) is 0 Å². The van der Waals surface area contributed by atoms with E-state index in [1.165, 1.54) is 22.4 Å². The molecule has 1 N–H and O–H groups in total. The molecule has 0 radical (unpaired) electrons. The van der Waals surface area contributed by atoms with Gasteiger partial charge >= 0.3 is 0 Å². The van der Waals surface area contributed by atoms with E-state index >= 15 is 0 Å². The van der Waals surface area contributed by atoms with Gasteiger partial charge in [0.1, 0.15) is 0 Å². The van der Waals surface area contributed by atoms with Crippen LogP contribution in [0.3, 0.4) is 0 Å². The quantitative estimate of drug-likeness (QED) is 0.836. The van der Waals surface area contributed by atoms with Crippen molar-refractivity contribution >= 4 is 5.69 Å². The molecule has 0 saturated heterocycles. The lowest BCUT2D eigenvalue weighted by Gasteiger charge is -2.19. The maximum Gasteiger partial charge on any atom is 0.0401 e. The molecule has 0 aromatic heterocycles. The molecular weight excluding hydrogens is 218 g/mol. The Morgan fingerprint density at radius 1 is 0.889 bits per heavy atom. The summed E-state index contributed by atoms with van der Waals surface area (Å²) >= 11 is 0. The summed E-state index contributed by atoms with van der Waals surface area (Å²) in [6.07, 6.45) is 1.05. The largest absolute Gasteiger partial charge is 0.382 e. The molecule has 0 aliphatic rings. The van der Waals surface area contributed by atoms with Crippen molar-refractivity contribution in [3.05, 3.63) is 65.2 Å². The number of rotatable bonds is 4. The second kappa shape index (κ2) is 5.72. The first-order valence-electron chi connectivity index (χ1n) is 6.53. The van der Waals surface area contributed by atoms with Crippen LogP contribution in [0.15, 0.2) is 48.5 Å². The standard InChI is InChI=1S/C17H21N/c1-13-8-7-9-14(2)17(13)18-15(3)12-16-10-5-4-6-11-16/h4-11,15,18H,12H2,1-3H3. The Balaban J connectivity index is 2.06. The van der Waals surface area contributed by atoms with Crippen molar-refractivity contribution in [3.63, 3.8) is 0 Å². The van der Waals surface area contributed by atoms with Gasteiger partial charge in [-0.2, -0.15) is 0 Å². The highest BCUT2D eigenvalue weighted by atomic mass is 14.9. The average molecular weight is 239 g/mol. The zero-order valence-corrected chi connectivity index (χ0v) is 11.4. The van der Waals surface area contributed by atoms with E-state index in [0.717, 1.165) is 6.42 Å². The van der Waals surface area contributed by atoms with E-state index in [2.05, 4.69) is 74.6 Å². The van der Waals surface area contributed by atoms with Crippen LogP contribution in [-0.4, -0.2) is 6.04 Å². The molecule has 1 heteroatoms. The second-order valence-corrected chi connectivity index (χ2v) is 5.00. The fourth-order valence-electron chi connectivity index (χ4n) is 2.31. The van der Waals surface area contributed by atoms with Crippen molar-refractivity contribution in [2.45, 2.75) is 33.2 Å². The molecule has 1 unspecified atom stereocenters. The zero-order chi connectivity index (χ0) is 13.0. The molecule has 0 aliphatic carbocycles. The van der Waals surface area contributed by atoms with E-state index in [0.29, 0.717) is 6.04 Å². The van der Waals surface area contributed by atoms with Crippen LogP contribution in [0.4, 0.5) is 5.69 Å². The predicted molar refractivity (Wildman–Crippen MR) is 79.1 cm³/mol. The average Bonchev–Trinajstić information content (AvgIpc) is 2.35. The van der Waals surface area contributed by atoms with Crippen LogP contribution in [0.25, 0.3) is 0 Å². The highest BCUT2D eigenvalue weighted by Gasteiger charge is 2.07. The molecule has 0 heterocycles. The fourth-order valence-corrected chi connectivity index (χ4v) is 2.31. The molecule has 0 bridgehead atoms. The summed E-state index contributed by atoms with van der Waals surface area (Å²) in [5.41, 5.74) is 5.29. The van der Waals surface area contributed by atoms with E-state index < -0.39 is 0 Å². The smallest absolute Gasteiger partial charge is 0.0401 e. The van der Waals surface area contributed by atoms with E-state index in [4.69, 9.17) is 0 Å². The first-order chi connectivity index (χ1) is 8.66. The van der Waals surface area contributed by atoms with Crippen LogP contribution in [0.1, 0.15) is 23.6 Å². The normalized spacial score (nSPS) is 12.2. The molecular formula is C17H21N. The van der Waals surface area contributed by atoms with E-state index in [-0.39, 0.29) is 0 Å². The Bertz CT molecular complexity index is 482. The van der Waals surface area contributed by atoms with Crippen molar-refractivity contribution in [1.82, 2.24) is 0 Å². The number of hydrogen-bond acceptors (Lipinski definition) is 1. The Labute approximate surface area is 110 Å². The van der Waals surface area contributed by atoms with Crippen molar-refractivity contribution in [3.8, 4) is 0 Å². The summed E-state index contributed by atoms with van der Waals surface area (Å²) in [5, 5.41) is 3.63.